The number of nitrogens with zero attached hydrogens (tertiary/aromatic N) is 2. The number of hydrogen-bond acceptors (Lipinski definition) is 3. The van der Waals surface area contributed by atoms with E-state index in [0.29, 0.717) is 26.1 Å². The number of amides is 2. The highest BCUT2D eigenvalue weighted by atomic mass is 16.4. The lowest BCUT2D eigenvalue weighted by molar-refractivity contribution is -0.150. The van der Waals surface area contributed by atoms with Gasteiger partial charge in [-0.3, -0.25) is 4.79 Å². The molecular formula is C20H31N3O3. The second-order valence-corrected chi connectivity index (χ2v) is 7.60. The predicted octanol–water partition coefficient (Wildman–Crippen LogP) is 2.65. The minimum Gasteiger partial charge on any atom is -0.481 e. The molecule has 0 aliphatic carbocycles. The SMILES string of the molecule is CC(C)C1(C(=O)O)CCN(C(=O)NCCCN(C)Cc2ccccc2)C1. The number of urea groups is 1. The van der Waals surface area contributed by atoms with Crippen molar-refractivity contribution in [1.29, 1.82) is 0 Å². The van der Waals surface area contributed by atoms with E-state index in [1.807, 2.05) is 32.0 Å². The number of carboxylic acid groups (broad SMARTS) is 1. The third kappa shape index (κ3) is 4.97. The van der Waals surface area contributed by atoms with Crippen molar-refractivity contribution in [2.45, 2.75) is 33.2 Å². The van der Waals surface area contributed by atoms with Crippen LogP contribution in [0.1, 0.15) is 32.3 Å². The lowest BCUT2D eigenvalue weighted by atomic mass is 9.76. The van der Waals surface area contributed by atoms with E-state index in [1.54, 1.807) is 4.90 Å². The molecule has 2 amide bonds. The Hall–Kier alpha value is -2.08. The molecule has 1 aliphatic heterocycles. The molecule has 144 valence electrons. The summed E-state index contributed by atoms with van der Waals surface area (Å²) in [5.41, 5.74) is 0.461. The Labute approximate surface area is 156 Å². The van der Waals surface area contributed by atoms with Gasteiger partial charge in [-0.25, -0.2) is 4.79 Å². The van der Waals surface area contributed by atoms with Crippen molar-refractivity contribution in [2.75, 3.05) is 33.2 Å². The minimum absolute atomic E-state index is 0.00411. The third-order valence-electron chi connectivity index (χ3n) is 5.41. The first-order chi connectivity index (χ1) is 12.3. The second kappa shape index (κ2) is 9.03. The smallest absolute Gasteiger partial charge is 0.317 e. The first-order valence-corrected chi connectivity index (χ1v) is 9.34. The molecule has 2 rings (SSSR count). The van der Waals surface area contributed by atoms with E-state index in [2.05, 4.69) is 29.4 Å². The van der Waals surface area contributed by atoms with Gasteiger partial charge < -0.3 is 20.2 Å². The zero-order valence-corrected chi connectivity index (χ0v) is 16.1. The van der Waals surface area contributed by atoms with E-state index in [-0.39, 0.29) is 11.9 Å². The molecule has 1 saturated heterocycles. The molecule has 1 unspecified atom stereocenters. The average molecular weight is 361 g/mol. The van der Waals surface area contributed by atoms with Gasteiger partial charge >= 0.3 is 12.0 Å². The van der Waals surface area contributed by atoms with E-state index in [9.17, 15) is 14.7 Å². The summed E-state index contributed by atoms with van der Waals surface area (Å²) >= 11 is 0. The van der Waals surface area contributed by atoms with Gasteiger partial charge in [0.25, 0.3) is 0 Å². The van der Waals surface area contributed by atoms with E-state index >= 15 is 0 Å². The summed E-state index contributed by atoms with van der Waals surface area (Å²) in [4.78, 5) is 27.8. The summed E-state index contributed by atoms with van der Waals surface area (Å²) < 4.78 is 0. The van der Waals surface area contributed by atoms with Crippen molar-refractivity contribution in [3.05, 3.63) is 35.9 Å². The van der Waals surface area contributed by atoms with Crippen LogP contribution in [0.3, 0.4) is 0 Å². The van der Waals surface area contributed by atoms with Crippen LogP contribution in [0.15, 0.2) is 30.3 Å². The van der Waals surface area contributed by atoms with Crippen LogP contribution in [0.4, 0.5) is 4.79 Å². The van der Waals surface area contributed by atoms with Crippen molar-refractivity contribution in [3.63, 3.8) is 0 Å². The van der Waals surface area contributed by atoms with Crippen molar-refractivity contribution in [3.8, 4) is 0 Å². The van der Waals surface area contributed by atoms with E-state index in [4.69, 9.17) is 0 Å². The predicted molar refractivity (Wildman–Crippen MR) is 102 cm³/mol. The molecule has 0 aromatic heterocycles. The molecule has 0 spiro atoms. The summed E-state index contributed by atoms with van der Waals surface area (Å²) in [5, 5.41) is 12.5. The topological polar surface area (TPSA) is 72.9 Å². The maximum atomic E-state index is 12.3. The standard InChI is InChI=1S/C20H31N3O3/c1-16(2)20(18(24)25)10-13-23(15-20)19(26)21-11-7-12-22(3)14-17-8-5-4-6-9-17/h4-6,8-9,16H,7,10-15H2,1-3H3,(H,21,26)(H,24,25). The number of likely N-dealkylation sites (tertiary alicyclic amines) is 1. The van der Waals surface area contributed by atoms with Gasteiger partial charge in [0.05, 0.1) is 5.41 Å². The molecule has 6 heteroatoms. The number of rotatable bonds is 8. The van der Waals surface area contributed by atoms with Crippen LogP contribution in [0.5, 0.6) is 0 Å². The maximum absolute atomic E-state index is 12.3. The number of nitrogens with one attached hydrogen (secondary N) is 1. The fourth-order valence-electron chi connectivity index (χ4n) is 3.53. The van der Waals surface area contributed by atoms with Crippen molar-refractivity contribution >= 4 is 12.0 Å². The average Bonchev–Trinajstić information content (AvgIpc) is 3.06. The fraction of sp³-hybridized carbons (Fsp3) is 0.600. The molecular weight excluding hydrogens is 330 g/mol. The summed E-state index contributed by atoms with van der Waals surface area (Å²) in [6, 6.07) is 10.1. The van der Waals surface area contributed by atoms with Crippen molar-refractivity contribution < 1.29 is 14.7 Å². The zero-order valence-electron chi connectivity index (χ0n) is 16.1. The molecule has 1 aromatic carbocycles. The fourth-order valence-corrected chi connectivity index (χ4v) is 3.53. The van der Waals surface area contributed by atoms with Crippen LogP contribution in [-0.2, 0) is 11.3 Å². The number of carbonyl (C=O) groups is 2. The highest BCUT2D eigenvalue weighted by molar-refractivity contribution is 5.80. The highest BCUT2D eigenvalue weighted by Gasteiger charge is 2.48. The third-order valence-corrected chi connectivity index (χ3v) is 5.41. The molecule has 6 nitrogen and oxygen atoms in total. The van der Waals surface area contributed by atoms with Gasteiger partial charge in [-0.1, -0.05) is 44.2 Å². The quantitative estimate of drug-likeness (QED) is 0.698. The van der Waals surface area contributed by atoms with Crippen molar-refractivity contribution in [1.82, 2.24) is 15.1 Å². The minimum atomic E-state index is -0.812. The van der Waals surface area contributed by atoms with Crippen LogP contribution < -0.4 is 5.32 Å². The summed E-state index contributed by atoms with van der Waals surface area (Å²) in [6.07, 6.45) is 1.38. The number of carbonyl (C=O) groups excluding carboxylic acids is 1. The van der Waals surface area contributed by atoms with Gasteiger partial charge in [-0.2, -0.15) is 0 Å². The first-order valence-electron chi connectivity index (χ1n) is 9.34. The molecule has 0 bridgehead atoms. The van der Waals surface area contributed by atoms with Crippen molar-refractivity contribution in [2.24, 2.45) is 11.3 Å². The van der Waals surface area contributed by atoms with Gasteiger partial charge in [0.15, 0.2) is 0 Å². The first kappa shape index (κ1) is 20.2. The van der Waals surface area contributed by atoms with E-state index < -0.39 is 11.4 Å². The Morgan fingerprint density at radius 1 is 1.31 bits per heavy atom. The Morgan fingerprint density at radius 2 is 2.00 bits per heavy atom. The summed E-state index contributed by atoms with van der Waals surface area (Å²) in [5.74, 6) is -0.797. The molecule has 2 N–H and O–H groups in total. The molecule has 1 fully saturated rings. The number of hydrogen-bond donors (Lipinski definition) is 2. The Kier molecular flexibility index (Phi) is 7.03. The van der Waals surface area contributed by atoms with Gasteiger partial charge in [0.2, 0.25) is 0 Å². The van der Waals surface area contributed by atoms with Gasteiger partial charge in [0.1, 0.15) is 0 Å². The lowest BCUT2D eigenvalue weighted by Gasteiger charge is -2.28. The molecule has 0 radical (unpaired) electrons. The number of aliphatic carboxylic acids is 1. The summed E-state index contributed by atoms with van der Waals surface area (Å²) in [6.45, 7) is 6.99. The maximum Gasteiger partial charge on any atom is 0.317 e. The van der Waals surface area contributed by atoms with Gasteiger partial charge in [-0.05, 0) is 37.9 Å². The Balaban J connectivity index is 1.70. The molecule has 1 atom stereocenters. The molecule has 0 saturated carbocycles. The normalized spacial score (nSPS) is 20.0. The molecule has 1 aliphatic rings. The largest absolute Gasteiger partial charge is 0.481 e. The number of benzene rings is 1. The molecule has 1 heterocycles. The van der Waals surface area contributed by atoms with Crippen LogP contribution in [0.25, 0.3) is 0 Å². The van der Waals surface area contributed by atoms with E-state index in [1.165, 1.54) is 5.56 Å². The lowest BCUT2D eigenvalue weighted by Crippen LogP contribution is -2.44. The molecule has 1 aromatic rings. The zero-order chi connectivity index (χ0) is 19.2. The van der Waals surface area contributed by atoms with Gasteiger partial charge in [-0.15, -0.1) is 0 Å². The molecule has 26 heavy (non-hydrogen) atoms. The van der Waals surface area contributed by atoms with E-state index in [0.717, 1.165) is 19.5 Å². The number of carboxylic acids is 1. The Bertz CT molecular complexity index is 606. The van der Waals surface area contributed by atoms with Gasteiger partial charge in [0, 0.05) is 26.2 Å². The van der Waals surface area contributed by atoms with Crippen LogP contribution >= 0.6 is 0 Å². The van der Waals surface area contributed by atoms with Crippen LogP contribution in [-0.4, -0.2) is 60.1 Å². The highest BCUT2D eigenvalue weighted by Crippen LogP contribution is 2.38. The Morgan fingerprint density at radius 3 is 2.58 bits per heavy atom. The van der Waals surface area contributed by atoms with Crippen LogP contribution in [0, 0.1) is 11.3 Å². The van der Waals surface area contributed by atoms with Crippen LogP contribution in [0.2, 0.25) is 0 Å². The second-order valence-electron chi connectivity index (χ2n) is 7.60. The summed E-state index contributed by atoms with van der Waals surface area (Å²) in [7, 11) is 2.07. The monoisotopic (exact) mass is 361 g/mol.